The van der Waals surface area contributed by atoms with Crippen LogP contribution in [0.4, 0.5) is 10.2 Å². The van der Waals surface area contributed by atoms with E-state index in [4.69, 9.17) is 22.1 Å². The van der Waals surface area contributed by atoms with Crippen molar-refractivity contribution in [3.63, 3.8) is 0 Å². The number of amides is 1. The van der Waals surface area contributed by atoms with Gasteiger partial charge in [0, 0.05) is 49.5 Å². The van der Waals surface area contributed by atoms with Gasteiger partial charge in [0.1, 0.15) is 28.5 Å². The number of ether oxygens (including phenoxy) is 1. The molecule has 0 spiro atoms. The van der Waals surface area contributed by atoms with Crippen molar-refractivity contribution in [3.8, 4) is 5.75 Å². The molecule has 2 aromatic heterocycles. The first-order valence-corrected chi connectivity index (χ1v) is 11.2. The van der Waals surface area contributed by atoms with Crippen LogP contribution < -0.4 is 10.5 Å². The molecule has 4 rings (SSSR count). The number of halogens is 2. The summed E-state index contributed by atoms with van der Waals surface area (Å²) in [5, 5.41) is 9.13. The number of nitrogens with two attached hydrogens (primary N) is 1. The second-order valence-electron chi connectivity index (χ2n) is 8.70. The monoisotopic (exact) mass is 475 g/mol. The molecule has 3 aromatic rings. The summed E-state index contributed by atoms with van der Waals surface area (Å²) in [5.74, 6) is -0.622. The number of rotatable bonds is 6. The lowest BCUT2D eigenvalue weighted by atomic mass is 9.94. The molecule has 1 aliphatic heterocycles. The highest BCUT2D eigenvalue weighted by molar-refractivity contribution is 6.31. The molecule has 1 unspecified atom stereocenters. The molecule has 3 N–H and O–H groups in total. The first-order valence-electron chi connectivity index (χ1n) is 10.8. The number of carbonyl (C=O) groups excluding carboxylic acids is 1. The van der Waals surface area contributed by atoms with Crippen molar-refractivity contribution in [2.24, 2.45) is 5.92 Å². The molecule has 0 bridgehead atoms. The average Bonchev–Trinajstić information content (AvgIpc) is 3.07. The van der Waals surface area contributed by atoms with Gasteiger partial charge in [-0.1, -0.05) is 18.5 Å². The SMILES string of the molecule is Cc1nc(C(C)c2cc(Cl)c(F)c(C(=O)N3CC(CO)C3)c2OC(C)C)n2ccnc(N)c12. The number of anilines is 1. The summed E-state index contributed by atoms with van der Waals surface area (Å²) in [7, 11) is 0. The summed E-state index contributed by atoms with van der Waals surface area (Å²) in [4.78, 5) is 23.6. The van der Waals surface area contributed by atoms with Gasteiger partial charge in [-0.15, -0.1) is 0 Å². The number of likely N-dealkylation sites (tertiary alicyclic amines) is 1. The standard InChI is InChI=1S/C23H27ClFN5O3/c1-11(2)33-20-15(12(3)22-28-13(4)19-21(26)27-5-6-30(19)22)7-16(24)18(25)17(20)23(32)29-8-14(9-29)10-31/h5-7,11-12,14,31H,8-10H2,1-4H3,(H2,26,27). The van der Waals surface area contributed by atoms with E-state index in [1.165, 1.54) is 11.0 Å². The van der Waals surface area contributed by atoms with Gasteiger partial charge in [-0.05, 0) is 26.8 Å². The maximum Gasteiger partial charge on any atom is 0.260 e. The summed E-state index contributed by atoms with van der Waals surface area (Å²) in [6, 6.07) is 1.49. The van der Waals surface area contributed by atoms with Crippen LogP contribution in [0.1, 0.15) is 54.1 Å². The third-order valence-electron chi connectivity index (χ3n) is 5.91. The average molecular weight is 476 g/mol. The highest BCUT2D eigenvalue weighted by Gasteiger charge is 2.36. The molecular formula is C23H27ClFN5O3. The van der Waals surface area contributed by atoms with Gasteiger partial charge < -0.3 is 20.5 Å². The number of nitrogen functional groups attached to an aromatic ring is 1. The van der Waals surface area contributed by atoms with Crippen molar-refractivity contribution in [2.45, 2.75) is 39.7 Å². The van der Waals surface area contributed by atoms with Gasteiger partial charge in [0.15, 0.2) is 5.82 Å². The van der Waals surface area contributed by atoms with Crippen LogP contribution >= 0.6 is 11.6 Å². The quantitative estimate of drug-likeness (QED) is 0.566. The number of aryl methyl sites for hydroxylation is 1. The number of aromatic nitrogens is 3. The fourth-order valence-corrected chi connectivity index (χ4v) is 4.44. The number of aliphatic hydroxyl groups excluding tert-OH is 1. The first kappa shape index (κ1) is 23.3. The number of nitrogens with zero attached hydrogens (tertiary/aromatic N) is 4. The maximum atomic E-state index is 15.3. The molecule has 1 saturated heterocycles. The van der Waals surface area contributed by atoms with E-state index in [-0.39, 0.29) is 35.0 Å². The first-order chi connectivity index (χ1) is 15.6. The van der Waals surface area contributed by atoms with E-state index in [0.717, 1.165) is 0 Å². The molecule has 8 nitrogen and oxygen atoms in total. The zero-order valence-electron chi connectivity index (χ0n) is 19.0. The third-order valence-corrected chi connectivity index (χ3v) is 6.18. The van der Waals surface area contributed by atoms with Crippen molar-refractivity contribution in [2.75, 3.05) is 25.4 Å². The number of aliphatic hydroxyl groups is 1. The molecule has 1 fully saturated rings. The number of hydrogen-bond donors (Lipinski definition) is 2. The Morgan fingerprint density at radius 2 is 2.09 bits per heavy atom. The zero-order valence-corrected chi connectivity index (χ0v) is 19.7. The van der Waals surface area contributed by atoms with Crippen LogP contribution in [0.3, 0.4) is 0 Å². The van der Waals surface area contributed by atoms with E-state index in [2.05, 4.69) is 9.97 Å². The molecule has 0 aliphatic carbocycles. The predicted molar refractivity (Wildman–Crippen MR) is 123 cm³/mol. The Hall–Kier alpha value is -2.91. The number of benzene rings is 1. The van der Waals surface area contributed by atoms with Gasteiger partial charge in [0.2, 0.25) is 0 Å². The Balaban J connectivity index is 1.87. The number of fused-ring (bicyclic) bond motifs is 1. The minimum absolute atomic E-state index is 0.0117. The molecule has 10 heteroatoms. The Labute approximate surface area is 196 Å². The number of carbonyl (C=O) groups is 1. The Morgan fingerprint density at radius 3 is 2.73 bits per heavy atom. The van der Waals surface area contributed by atoms with E-state index >= 15 is 4.39 Å². The highest BCUT2D eigenvalue weighted by atomic mass is 35.5. The minimum Gasteiger partial charge on any atom is -0.490 e. The van der Waals surface area contributed by atoms with Crippen LogP contribution in [0.5, 0.6) is 5.75 Å². The van der Waals surface area contributed by atoms with Crippen LogP contribution in [0.25, 0.3) is 5.52 Å². The van der Waals surface area contributed by atoms with Gasteiger partial charge in [0.25, 0.3) is 5.91 Å². The molecule has 33 heavy (non-hydrogen) atoms. The maximum absolute atomic E-state index is 15.3. The summed E-state index contributed by atoms with van der Waals surface area (Å²) >= 11 is 6.28. The number of imidazole rings is 1. The van der Waals surface area contributed by atoms with Gasteiger partial charge >= 0.3 is 0 Å². The second kappa shape index (κ2) is 8.79. The van der Waals surface area contributed by atoms with Crippen LogP contribution in [0.15, 0.2) is 18.5 Å². The van der Waals surface area contributed by atoms with E-state index in [1.807, 2.05) is 32.1 Å². The van der Waals surface area contributed by atoms with E-state index < -0.39 is 17.6 Å². The molecule has 1 aromatic carbocycles. The van der Waals surface area contributed by atoms with Gasteiger partial charge in [-0.3, -0.25) is 9.20 Å². The Kier molecular flexibility index (Phi) is 6.20. The topological polar surface area (TPSA) is 106 Å². The van der Waals surface area contributed by atoms with Crippen molar-refractivity contribution >= 4 is 28.8 Å². The smallest absolute Gasteiger partial charge is 0.260 e. The normalized spacial score (nSPS) is 15.2. The fraction of sp³-hybridized carbons (Fsp3) is 0.435. The minimum atomic E-state index is -0.821. The van der Waals surface area contributed by atoms with Crippen molar-refractivity contribution in [1.29, 1.82) is 0 Å². The van der Waals surface area contributed by atoms with Crippen molar-refractivity contribution in [3.05, 3.63) is 51.9 Å². The third kappa shape index (κ3) is 4.00. The lowest BCUT2D eigenvalue weighted by Gasteiger charge is -2.38. The van der Waals surface area contributed by atoms with Crippen LogP contribution in [0, 0.1) is 18.7 Å². The summed E-state index contributed by atoms with van der Waals surface area (Å²) in [5.41, 5.74) is 7.78. The van der Waals surface area contributed by atoms with Crippen molar-refractivity contribution < 1.29 is 19.0 Å². The largest absolute Gasteiger partial charge is 0.490 e. The molecule has 0 radical (unpaired) electrons. The summed E-state index contributed by atoms with van der Waals surface area (Å²) in [6.07, 6.45) is 3.02. The molecule has 3 heterocycles. The Morgan fingerprint density at radius 1 is 1.39 bits per heavy atom. The van der Waals surface area contributed by atoms with Gasteiger partial charge in [-0.2, -0.15) is 0 Å². The second-order valence-corrected chi connectivity index (χ2v) is 9.11. The van der Waals surface area contributed by atoms with Gasteiger partial charge in [-0.25, -0.2) is 14.4 Å². The molecular weight excluding hydrogens is 449 g/mol. The fourth-order valence-electron chi connectivity index (χ4n) is 4.23. The molecule has 176 valence electrons. The van der Waals surface area contributed by atoms with Crippen LogP contribution in [0.2, 0.25) is 5.02 Å². The summed E-state index contributed by atoms with van der Waals surface area (Å²) < 4.78 is 23.1. The molecule has 1 atom stereocenters. The molecule has 1 amide bonds. The highest BCUT2D eigenvalue weighted by Crippen LogP contribution is 2.41. The lowest BCUT2D eigenvalue weighted by molar-refractivity contribution is 0.0353. The Bertz CT molecular complexity index is 1220. The van der Waals surface area contributed by atoms with Crippen molar-refractivity contribution in [1.82, 2.24) is 19.3 Å². The van der Waals surface area contributed by atoms with Crippen LogP contribution in [-0.4, -0.2) is 56.1 Å². The molecule has 0 saturated carbocycles. The van der Waals surface area contributed by atoms with E-state index in [1.54, 1.807) is 12.4 Å². The van der Waals surface area contributed by atoms with E-state index in [9.17, 15) is 9.90 Å². The number of hydrogen-bond acceptors (Lipinski definition) is 6. The van der Waals surface area contributed by atoms with Gasteiger partial charge in [0.05, 0.1) is 16.8 Å². The van der Waals surface area contributed by atoms with E-state index in [0.29, 0.717) is 41.5 Å². The summed E-state index contributed by atoms with van der Waals surface area (Å²) in [6.45, 7) is 8.02. The molecule has 1 aliphatic rings. The zero-order chi connectivity index (χ0) is 24.0. The predicted octanol–water partition coefficient (Wildman–Crippen LogP) is 3.42. The lowest BCUT2D eigenvalue weighted by Crippen LogP contribution is -2.51. The van der Waals surface area contributed by atoms with Crippen LogP contribution in [-0.2, 0) is 0 Å².